The van der Waals surface area contributed by atoms with Crippen LogP contribution in [0, 0.1) is 0 Å². The highest BCUT2D eigenvalue weighted by atomic mass is 127. The van der Waals surface area contributed by atoms with E-state index in [-0.39, 0.29) is 0 Å². The second-order valence-corrected chi connectivity index (χ2v) is 9.73. The second kappa shape index (κ2) is 5.12. The summed E-state index contributed by atoms with van der Waals surface area (Å²) in [5, 5.41) is 2.75. The van der Waals surface area contributed by atoms with E-state index in [1.54, 1.807) is 17.9 Å². The maximum atomic E-state index is 2.34. The van der Waals surface area contributed by atoms with Crippen molar-refractivity contribution in [3.05, 3.63) is 24.3 Å². The molecule has 16 heavy (non-hydrogen) atoms. The zero-order valence-electron chi connectivity index (χ0n) is 7.70. The van der Waals surface area contributed by atoms with E-state index < -0.39 is 0 Å². The summed E-state index contributed by atoms with van der Waals surface area (Å²) < 4.78 is 5.57. The van der Waals surface area contributed by atoms with Crippen LogP contribution in [0.25, 0.3) is 20.2 Å². The highest BCUT2D eigenvalue weighted by Crippen LogP contribution is 2.42. The van der Waals surface area contributed by atoms with Crippen LogP contribution in [-0.4, -0.2) is 0 Å². The lowest BCUT2D eigenvalue weighted by atomic mass is 10.2. The van der Waals surface area contributed by atoms with E-state index in [2.05, 4.69) is 66.7 Å². The average molecular weight is 506 g/mol. The third-order valence-corrected chi connectivity index (χ3v) is 10.2. The van der Waals surface area contributed by atoms with Gasteiger partial charge in [-0.1, -0.05) is 0 Å². The summed E-state index contributed by atoms with van der Waals surface area (Å²) in [6.45, 7) is 0. The van der Waals surface area contributed by atoms with Gasteiger partial charge in [-0.3, -0.25) is 0 Å². The first kappa shape index (κ1) is 12.3. The van der Waals surface area contributed by atoms with Crippen molar-refractivity contribution in [3.63, 3.8) is 0 Å². The first-order valence-corrected chi connectivity index (χ1v) is 12.7. The highest BCUT2D eigenvalue weighted by Gasteiger charge is 2.06. The van der Waals surface area contributed by atoms with Gasteiger partial charge in [-0.15, -0.1) is 22.7 Å². The maximum Gasteiger partial charge on any atom is 0.0714 e. The van der Waals surface area contributed by atoms with Gasteiger partial charge in [0, 0.05) is 51.8 Å². The van der Waals surface area contributed by atoms with Crippen LogP contribution < -0.4 is 0 Å². The highest BCUT2D eigenvalue weighted by molar-refractivity contribution is 14.2. The van der Waals surface area contributed by atoms with E-state index >= 15 is 0 Å². The van der Waals surface area contributed by atoms with Crippen LogP contribution in [0.2, 0.25) is 0 Å². The predicted octanol–water partition coefficient (Wildman–Crippen LogP) is 7.00. The van der Waals surface area contributed by atoms with Crippen molar-refractivity contribution in [1.82, 2.24) is 0 Å². The molecule has 3 rings (SSSR count). The molecule has 0 saturated carbocycles. The van der Waals surface area contributed by atoms with Gasteiger partial charge < -0.3 is 0 Å². The zero-order chi connectivity index (χ0) is 11.1. The second-order valence-electron chi connectivity index (χ2n) is 3.21. The Morgan fingerprint density at radius 1 is 0.750 bits per heavy atom. The zero-order valence-corrected chi connectivity index (χ0v) is 15.3. The molecule has 0 aliphatic rings. The van der Waals surface area contributed by atoms with Gasteiger partial charge in [-0.05, 0) is 52.9 Å². The Balaban J connectivity index is 2.28. The molecule has 0 atom stereocenters. The molecule has 2 aromatic heterocycles. The van der Waals surface area contributed by atoms with Gasteiger partial charge in [0.2, 0.25) is 0 Å². The number of halogens is 2. The van der Waals surface area contributed by atoms with E-state index in [4.69, 9.17) is 0 Å². The average Bonchev–Trinajstić information content (AvgIpc) is 2.86. The summed E-state index contributed by atoms with van der Waals surface area (Å²) in [4.78, 5) is 0. The molecular formula is C10H4I2S4. The fraction of sp³-hybridized carbons (Fsp3) is 0. The summed E-state index contributed by atoms with van der Waals surface area (Å²) in [5.74, 6) is 0. The topological polar surface area (TPSA) is 0 Å². The number of hydrogen-bond acceptors (Lipinski definition) is 4. The Kier molecular flexibility index (Phi) is 3.95. The molecule has 3 aromatic rings. The third kappa shape index (κ3) is 2.25. The Morgan fingerprint density at radius 3 is 1.69 bits per heavy atom. The van der Waals surface area contributed by atoms with Gasteiger partial charge in [0.25, 0.3) is 0 Å². The molecule has 0 fully saturated rings. The SMILES string of the molecule is ISc1cc2cc3cc(SI)sc3cc2s1. The van der Waals surface area contributed by atoms with Gasteiger partial charge in [0.05, 0.1) is 8.42 Å². The summed E-state index contributed by atoms with van der Waals surface area (Å²) in [5.41, 5.74) is 0. The fourth-order valence-electron chi connectivity index (χ4n) is 1.60. The lowest BCUT2D eigenvalue weighted by molar-refractivity contribution is 1.78. The number of thiophene rings is 2. The standard InChI is InChI=1S/C10H4I2S4/c11-15-9-2-5-1-6-3-10(16-12)14-8(6)4-7(5)13-9/h1-4H. The summed E-state index contributed by atoms with van der Waals surface area (Å²) in [6, 6.07) is 9.20. The van der Waals surface area contributed by atoms with E-state index in [1.165, 1.54) is 28.6 Å². The Labute approximate surface area is 134 Å². The van der Waals surface area contributed by atoms with Crippen molar-refractivity contribution in [1.29, 1.82) is 0 Å². The van der Waals surface area contributed by atoms with Crippen LogP contribution in [-0.2, 0) is 0 Å². The quantitative estimate of drug-likeness (QED) is 0.344. The van der Waals surface area contributed by atoms with Gasteiger partial charge in [-0.2, -0.15) is 0 Å². The largest absolute Gasteiger partial charge is 0.128 e. The first-order chi connectivity index (χ1) is 7.80. The Morgan fingerprint density at radius 2 is 1.25 bits per heavy atom. The smallest absolute Gasteiger partial charge is 0.0714 e. The van der Waals surface area contributed by atoms with Crippen molar-refractivity contribution < 1.29 is 0 Å². The molecule has 0 radical (unpaired) electrons. The van der Waals surface area contributed by atoms with Gasteiger partial charge in [-0.25, -0.2) is 0 Å². The van der Waals surface area contributed by atoms with E-state index in [0.717, 1.165) is 0 Å². The van der Waals surface area contributed by atoms with Crippen LogP contribution >= 0.6 is 83.0 Å². The van der Waals surface area contributed by atoms with E-state index in [9.17, 15) is 0 Å². The van der Waals surface area contributed by atoms with Crippen molar-refractivity contribution in [2.24, 2.45) is 0 Å². The molecular weight excluding hydrogens is 502 g/mol. The van der Waals surface area contributed by atoms with Crippen LogP contribution in [0.5, 0.6) is 0 Å². The molecule has 6 heteroatoms. The van der Waals surface area contributed by atoms with Crippen molar-refractivity contribution in [2.75, 3.05) is 0 Å². The molecule has 1 aromatic carbocycles. The summed E-state index contributed by atoms with van der Waals surface area (Å²) in [7, 11) is 3.60. The summed E-state index contributed by atoms with van der Waals surface area (Å²) >= 11 is 8.45. The normalized spacial score (nSPS) is 11.6. The van der Waals surface area contributed by atoms with Crippen LogP contribution in [0.15, 0.2) is 32.7 Å². The van der Waals surface area contributed by atoms with Crippen LogP contribution in [0.1, 0.15) is 0 Å². The minimum Gasteiger partial charge on any atom is -0.128 e. The number of benzene rings is 1. The molecule has 0 N–H and O–H groups in total. The Bertz CT molecular complexity index is 550. The lowest BCUT2D eigenvalue weighted by Gasteiger charge is -1.89. The minimum absolute atomic E-state index is 1.37. The molecule has 0 saturated heterocycles. The first-order valence-electron chi connectivity index (χ1n) is 4.34. The third-order valence-electron chi connectivity index (χ3n) is 2.26. The molecule has 0 aliphatic carbocycles. The molecule has 2 heterocycles. The van der Waals surface area contributed by atoms with Gasteiger partial charge in [0.1, 0.15) is 0 Å². The monoisotopic (exact) mass is 506 g/mol. The maximum absolute atomic E-state index is 2.34. The number of rotatable bonds is 2. The van der Waals surface area contributed by atoms with Gasteiger partial charge in [0.15, 0.2) is 0 Å². The molecule has 0 aliphatic heterocycles. The minimum atomic E-state index is 1.37. The van der Waals surface area contributed by atoms with E-state index in [1.807, 2.05) is 22.7 Å². The van der Waals surface area contributed by atoms with E-state index in [0.29, 0.717) is 0 Å². The van der Waals surface area contributed by atoms with Gasteiger partial charge >= 0.3 is 0 Å². The lowest BCUT2D eigenvalue weighted by Crippen LogP contribution is -1.62. The molecule has 0 bridgehead atoms. The van der Waals surface area contributed by atoms with Crippen LogP contribution in [0.4, 0.5) is 0 Å². The fourth-order valence-corrected chi connectivity index (χ4v) is 6.82. The molecule has 0 nitrogen and oxygen atoms in total. The van der Waals surface area contributed by atoms with Crippen molar-refractivity contribution >= 4 is 103 Å². The molecule has 0 amide bonds. The van der Waals surface area contributed by atoms with Crippen molar-refractivity contribution in [2.45, 2.75) is 8.42 Å². The molecule has 82 valence electrons. The van der Waals surface area contributed by atoms with Crippen LogP contribution in [0.3, 0.4) is 0 Å². The number of hydrogen-bond donors (Lipinski definition) is 0. The van der Waals surface area contributed by atoms with Crippen molar-refractivity contribution in [3.8, 4) is 0 Å². The predicted molar refractivity (Wildman–Crippen MR) is 97.0 cm³/mol. The number of fused-ring (bicyclic) bond motifs is 2. The summed E-state index contributed by atoms with van der Waals surface area (Å²) in [6.07, 6.45) is 0. The Hall–Kier alpha value is 1.30. The molecule has 0 unspecified atom stereocenters. The molecule has 0 spiro atoms.